The van der Waals surface area contributed by atoms with Gasteiger partial charge in [0.2, 0.25) is 0 Å². The Labute approximate surface area is 124 Å². The Morgan fingerprint density at radius 2 is 1.90 bits per heavy atom. The van der Waals surface area contributed by atoms with Crippen LogP contribution in [0.2, 0.25) is 0 Å². The zero-order chi connectivity index (χ0) is 15.5. The van der Waals surface area contributed by atoms with Crippen LogP contribution in [0.3, 0.4) is 0 Å². The molecule has 2 heterocycles. The molecule has 4 rings (SSSR count). The second-order valence-corrected chi connectivity index (χ2v) is 8.52. The van der Waals surface area contributed by atoms with Gasteiger partial charge in [-0.3, -0.25) is 4.79 Å². The van der Waals surface area contributed by atoms with Crippen molar-refractivity contribution in [3.8, 4) is 0 Å². The lowest BCUT2D eigenvalue weighted by molar-refractivity contribution is -0.352. The largest absolute Gasteiger partial charge is 0.481 e. The maximum absolute atomic E-state index is 11.6. The molecule has 0 amide bonds. The second kappa shape index (κ2) is 4.67. The van der Waals surface area contributed by atoms with E-state index in [1.807, 2.05) is 6.92 Å². The molecule has 1 N–H and O–H groups in total. The first-order chi connectivity index (χ1) is 9.67. The van der Waals surface area contributed by atoms with Crippen molar-refractivity contribution in [1.29, 1.82) is 0 Å². The molecule has 0 radical (unpaired) electrons. The van der Waals surface area contributed by atoms with Gasteiger partial charge in [0.05, 0.1) is 17.8 Å². The number of carbonyl (C=O) groups is 1. The molecule has 2 saturated carbocycles. The molecule has 4 bridgehead atoms. The van der Waals surface area contributed by atoms with Crippen molar-refractivity contribution in [3.63, 3.8) is 0 Å². The van der Waals surface area contributed by atoms with E-state index in [2.05, 4.69) is 0 Å². The Hall–Kier alpha value is -0.660. The molecule has 21 heavy (non-hydrogen) atoms. The van der Waals surface area contributed by atoms with Gasteiger partial charge >= 0.3 is 5.97 Å². The molecule has 3 atom stereocenters. The molecular formula is C14H22O6S. The van der Waals surface area contributed by atoms with Gasteiger partial charge < -0.3 is 9.84 Å². The highest BCUT2D eigenvalue weighted by Crippen LogP contribution is 2.60. The highest BCUT2D eigenvalue weighted by Gasteiger charge is 2.63. The van der Waals surface area contributed by atoms with Crippen LogP contribution in [0.4, 0.5) is 0 Å². The van der Waals surface area contributed by atoms with E-state index in [-0.39, 0.29) is 0 Å². The van der Waals surface area contributed by atoms with Gasteiger partial charge in [0.1, 0.15) is 0 Å². The van der Waals surface area contributed by atoms with Gasteiger partial charge in [-0.1, -0.05) is 6.92 Å². The summed E-state index contributed by atoms with van der Waals surface area (Å²) in [5, 5.41) is 9.51. The smallest absolute Gasteiger partial charge is 0.309 e. The third-order valence-electron chi connectivity index (χ3n) is 5.17. The fraction of sp³-hybridized carbons (Fsp3) is 0.929. The third-order valence-corrected chi connectivity index (χ3v) is 5.77. The molecular weight excluding hydrogens is 296 g/mol. The molecule has 4 aliphatic rings. The highest BCUT2D eigenvalue weighted by molar-refractivity contribution is 7.86. The van der Waals surface area contributed by atoms with Gasteiger partial charge in [0.25, 0.3) is 10.1 Å². The zero-order valence-corrected chi connectivity index (χ0v) is 13.2. The maximum Gasteiger partial charge on any atom is 0.309 e. The van der Waals surface area contributed by atoms with Crippen LogP contribution < -0.4 is 0 Å². The normalized spacial score (nSPS) is 43.0. The molecule has 3 unspecified atom stereocenters. The van der Waals surface area contributed by atoms with Crippen LogP contribution in [0, 0.1) is 17.8 Å². The molecule has 0 aromatic carbocycles. The van der Waals surface area contributed by atoms with E-state index in [9.17, 15) is 18.3 Å². The van der Waals surface area contributed by atoms with Crippen molar-refractivity contribution < 1.29 is 27.2 Å². The van der Waals surface area contributed by atoms with Gasteiger partial charge in [0, 0.05) is 12.8 Å². The molecule has 2 aliphatic heterocycles. The number of hydrogen-bond donors (Lipinski definition) is 1. The van der Waals surface area contributed by atoms with E-state index in [4.69, 9.17) is 8.92 Å². The predicted octanol–water partition coefficient (Wildman–Crippen LogP) is 1.75. The van der Waals surface area contributed by atoms with Gasteiger partial charge in [0.15, 0.2) is 5.79 Å². The average Bonchev–Trinajstić information content (AvgIpc) is 2.22. The van der Waals surface area contributed by atoms with Crippen LogP contribution in [0.15, 0.2) is 0 Å². The van der Waals surface area contributed by atoms with Crippen molar-refractivity contribution in [2.45, 2.75) is 56.8 Å². The predicted molar refractivity (Wildman–Crippen MR) is 74.0 cm³/mol. The lowest BCUT2D eigenvalue weighted by Crippen LogP contribution is -2.65. The zero-order valence-electron chi connectivity index (χ0n) is 12.4. The van der Waals surface area contributed by atoms with E-state index in [1.54, 1.807) is 0 Å². The van der Waals surface area contributed by atoms with E-state index in [1.165, 1.54) is 0 Å². The molecule has 2 saturated heterocycles. The van der Waals surface area contributed by atoms with Crippen molar-refractivity contribution in [2.75, 3.05) is 6.26 Å². The summed E-state index contributed by atoms with van der Waals surface area (Å²) >= 11 is 0. The topological polar surface area (TPSA) is 89.9 Å². The summed E-state index contributed by atoms with van der Waals surface area (Å²) in [5.41, 5.74) is -0.768. The number of carboxylic acids is 1. The fourth-order valence-electron chi connectivity index (χ4n) is 5.00. The molecule has 4 fully saturated rings. The minimum Gasteiger partial charge on any atom is -0.481 e. The molecule has 7 heteroatoms. The third kappa shape index (κ3) is 2.59. The van der Waals surface area contributed by atoms with Gasteiger partial charge in [-0.2, -0.15) is 8.42 Å². The number of hydrogen-bond acceptors (Lipinski definition) is 5. The lowest BCUT2D eigenvalue weighted by atomic mass is 9.57. The van der Waals surface area contributed by atoms with E-state index < -0.39 is 33.4 Å². The Bertz CT molecular complexity index is 540. The molecule has 0 aromatic heterocycles. The van der Waals surface area contributed by atoms with Gasteiger partial charge in [-0.25, -0.2) is 4.18 Å². The average molecular weight is 318 g/mol. The van der Waals surface area contributed by atoms with Crippen molar-refractivity contribution >= 4 is 16.1 Å². The lowest BCUT2D eigenvalue weighted by Gasteiger charge is -2.62. The Balaban J connectivity index is 1.96. The first kappa shape index (κ1) is 15.2. The molecule has 0 aromatic rings. The first-order valence-corrected chi connectivity index (χ1v) is 9.32. The first-order valence-electron chi connectivity index (χ1n) is 7.50. The Morgan fingerprint density at radius 1 is 1.33 bits per heavy atom. The van der Waals surface area contributed by atoms with Gasteiger partial charge in [-0.15, -0.1) is 0 Å². The van der Waals surface area contributed by atoms with E-state index >= 15 is 0 Å². The summed E-state index contributed by atoms with van der Waals surface area (Å²) in [6.45, 7) is 1.84. The summed E-state index contributed by atoms with van der Waals surface area (Å²) in [7, 11) is -3.64. The minimum atomic E-state index is -3.64. The molecule has 2 aliphatic carbocycles. The number of rotatable bonds is 5. The monoisotopic (exact) mass is 318 g/mol. The summed E-state index contributed by atoms with van der Waals surface area (Å²) in [4.78, 5) is 11.6. The van der Waals surface area contributed by atoms with Crippen LogP contribution in [0.1, 0.15) is 45.4 Å². The number of carboxylic acid groups (broad SMARTS) is 1. The van der Waals surface area contributed by atoms with E-state index in [0.717, 1.165) is 12.7 Å². The molecule has 120 valence electrons. The maximum atomic E-state index is 11.6. The van der Waals surface area contributed by atoms with E-state index in [0.29, 0.717) is 43.9 Å². The Morgan fingerprint density at radius 3 is 2.33 bits per heavy atom. The minimum absolute atomic E-state index is 0.293. The number of ether oxygens (including phenoxy) is 1. The van der Waals surface area contributed by atoms with Crippen molar-refractivity contribution in [3.05, 3.63) is 0 Å². The van der Waals surface area contributed by atoms with Crippen molar-refractivity contribution in [2.24, 2.45) is 17.8 Å². The van der Waals surface area contributed by atoms with Crippen molar-refractivity contribution in [1.82, 2.24) is 0 Å². The highest BCUT2D eigenvalue weighted by atomic mass is 32.2. The standard InChI is InChI=1S/C14H22O6S/c1-3-11(12(15)16)13-5-9-4-10(6-13)8-14(7-9,19-13)20-21(2,17)18/h9-11H,3-8H2,1-2H3,(H,15,16). The summed E-state index contributed by atoms with van der Waals surface area (Å²) in [6, 6.07) is 0. The van der Waals surface area contributed by atoms with Crippen LogP contribution in [0.25, 0.3) is 0 Å². The SMILES string of the molecule is CCC(C(=O)O)C12CC3CC(CC(OS(C)(=O)=O)(C3)O1)C2. The summed E-state index contributed by atoms with van der Waals surface area (Å²) in [6.07, 6.45) is 5.02. The second-order valence-electron chi connectivity index (χ2n) is 6.95. The molecule has 0 spiro atoms. The van der Waals surface area contributed by atoms with Gasteiger partial charge in [-0.05, 0) is 37.5 Å². The summed E-state index contributed by atoms with van der Waals surface area (Å²) < 4.78 is 34.6. The fourth-order valence-corrected chi connectivity index (χ4v) is 5.72. The van der Waals surface area contributed by atoms with Crippen LogP contribution >= 0.6 is 0 Å². The van der Waals surface area contributed by atoms with Crippen LogP contribution in [0.5, 0.6) is 0 Å². The summed E-state index contributed by atoms with van der Waals surface area (Å²) in [5.74, 6) is -2.02. The molecule has 6 nitrogen and oxygen atoms in total. The number of aliphatic carboxylic acids is 1. The quantitative estimate of drug-likeness (QED) is 0.777. The van der Waals surface area contributed by atoms with Crippen LogP contribution in [-0.4, -0.2) is 37.1 Å². The Kier molecular flexibility index (Phi) is 3.39. The van der Waals surface area contributed by atoms with Crippen LogP contribution in [-0.2, 0) is 23.8 Å².